The second kappa shape index (κ2) is 60.6. The van der Waals surface area contributed by atoms with Gasteiger partial charge in [0.15, 0.2) is 12.4 Å². The van der Waals surface area contributed by atoms with Crippen LogP contribution in [0.1, 0.15) is 284 Å². The van der Waals surface area contributed by atoms with Crippen molar-refractivity contribution >= 4 is 17.9 Å². The van der Waals surface area contributed by atoms with Crippen LogP contribution >= 0.6 is 0 Å². The predicted molar refractivity (Wildman–Crippen MR) is 334 cm³/mol. The molecule has 9 nitrogen and oxygen atoms in total. The highest BCUT2D eigenvalue weighted by atomic mass is 16.7. The van der Waals surface area contributed by atoms with Crippen LogP contribution in [0.2, 0.25) is 0 Å². The Labute approximate surface area is 487 Å². The topological polar surface area (TPSA) is 111 Å². The molecule has 0 heterocycles. The fraction of sp³-hybridized carbons (Fsp3) is 0.757. The highest BCUT2D eigenvalue weighted by Gasteiger charge is 2.22. The number of carboxylic acid groups (broad SMARTS) is 1. The average molecular weight is 1110 g/mol. The Morgan fingerprint density at radius 3 is 1.09 bits per heavy atom. The van der Waals surface area contributed by atoms with Gasteiger partial charge in [0, 0.05) is 12.8 Å². The van der Waals surface area contributed by atoms with E-state index in [4.69, 9.17) is 18.9 Å². The maximum Gasteiger partial charge on any atom is 0.306 e. The lowest BCUT2D eigenvalue weighted by atomic mass is 10.0. The first kappa shape index (κ1) is 75.5. The molecule has 0 aliphatic rings. The number of esters is 2. The van der Waals surface area contributed by atoms with Crippen molar-refractivity contribution in [2.75, 3.05) is 47.5 Å². The number of aliphatic carboxylic acids is 1. The van der Waals surface area contributed by atoms with Crippen molar-refractivity contribution < 1.29 is 42.9 Å². The molecule has 0 aromatic heterocycles. The summed E-state index contributed by atoms with van der Waals surface area (Å²) < 4.78 is 22.7. The molecular weight excluding hydrogens is 983 g/mol. The van der Waals surface area contributed by atoms with Gasteiger partial charge in [-0.05, 0) is 89.9 Å². The van der Waals surface area contributed by atoms with Crippen molar-refractivity contribution in [3.63, 3.8) is 0 Å². The van der Waals surface area contributed by atoms with Crippen molar-refractivity contribution in [2.24, 2.45) is 0 Å². The zero-order valence-electron chi connectivity index (χ0n) is 52.0. The van der Waals surface area contributed by atoms with Crippen LogP contribution in [-0.4, -0.2) is 82.3 Å². The average Bonchev–Trinajstić information content (AvgIpc) is 3.42. The van der Waals surface area contributed by atoms with E-state index in [-0.39, 0.29) is 38.6 Å². The van der Waals surface area contributed by atoms with Crippen molar-refractivity contribution in [2.45, 2.75) is 296 Å². The fourth-order valence-electron chi connectivity index (χ4n) is 9.12. The number of quaternary nitrogens is 1. The molecule has 9 heteroatoms. The Morgan fingerprint density at radius 2 is 0.722 bits per heavy atom. The minimum Gasteiger partial charge on any atom is -0.545 e. The maximum absolute atomic E-state index is 12.9. The van der Waals surface area contributed by atoms with Gasteiger partial charge in [-0.15, -0.1) is 0 Å². The molecular formula is C70H123NO8. The van der Waals surface area contributed by atoms with Crippen LogP contribution in [0.5, 0.6) is 0 Å². The number of ether oxygens (including phenoxy) is 4. The number of hydrogen-bond acceptors (Lipinski definition) is 8. The van der Waals surface area contributed by atoms with Gasteiger partial charge in [0.05, 0.1) is 40.3 Å². The number of allylic oxidation sites excluding steroid dienone is 14. The predicted octanol–water partition coefficient (Wildman–Crippen LogP) is 18.6. The number of likely N-dealkylation sites (N-methyl/N-ethyl adjacent to an activating group) is 1. The Balaban J connectivity index is 4.08. The van der Waals surface area contributed by atoms with E-state index in [2.05, 4.69) is 98.9 Å². The zero-order valence-corrected chi connectivity index (χ0v) is 52.0. The van der Waals surface area contributed by atoms with E-state index < -0.39 is 24.3 Å². The Bertz CT molecular complexity index is 1570. The molecule has 0 saturated heterocycles. The summed E-state index contributed by atoms with van der Waals surface area (Å²) in [5, 5.41) is 11.8. The van der Waals surface area contributed by atoms with Crippen LogP contribution in [0.15, 0.2) is 85.1 Å². The largest absolute Gasteiger partial charge is 0.545 e. The molecule has 0 fully saturated rings. The summed E-state index contributed by atoms with van der Waals surface area (Å²) in [5.74, 6) is -2.32. The molecule has 0 amide bonds. The minimum atomic E-state index is -1.63. The van der Waals surface area contributed by atoms with Gasteiger partial charge in [0.2, 0.25) is 0 Å². The highest BCUT2D eigenvalue weighted by Crippen LogP contribution is 2.17. The molecule has 79 heavy (non-hydrogen) atoms. The molecule has 0 aliphatic heterocycles. The van der Waals surface area contributed by atoms with Crippen molar-refractivity contribution in [3.05, 3.63) is 85.1 Å². The Morgan fingerprint density at radius 1 is 0.392 bits per heavy atom. The fourth-order valence-corrected chi connectivity index (χ4v) is 9.12. The first-order valence-corrected chi connectivity index (χ1v) is 32.7. The summed E-state index contributed by atoms with van der Waals surface area (Å²) in [6.45, 7) is 4.60. The summed E-state index contributed by atoms with van der Waals surface area (Å²) in [4.78, 5) is 37.3. The summed E-state index contributed by atoms with van der Waals surface area (Å²) >= 11 is 0. The third kappa shape index (κ3) is 61.9. The summed E-state index contributed by atoms with van der Waals surface area (Å²) in [7, 11) is 5.91. The van der Waals surface area contributed by atoms with Gasteiger partial charge in [0.1, 0.15) is 13.2 Å². The van der Waals surface area contributed by atoms with E-state index in [9.17, 15) is 19.5 Å². The minimum absolute atomic E-state index is 0.138. The third-order valence-corrected chi connectivity index (χ3v) is 14.1. The Hall–Kier alpha value is -3.53. The second-order valence-electron chi connectivity index (χ2n) is 23.0. The summed E-state index contributed by atoms with van der Waals surface area (Å²) in [6.07, 6.45) is 78.1. The lowest BCUT2D eigenvalue weighted by Gasteiger charge is -2.26. The van der Waals surface area contributed by atoms with Gasteiger partial charge in [-0.1, -0.05) is 266 Å². The molecule has 2 unspecified atom stereocenters. The number of unbranched alkanes of at least 4 members (excludes halogenated alkanes) is 31. The molecule has 0 aromatic rings. The quantitative estimate of drug-likeness (QED) is 0.0195. The maximum atomic E-state index is 12.9. The zero-order chi connectivity index (χ0) is 57.6. The van der Waals surface area contributed by atoms with E-state index >= 15 is 0 Å². The van der Waals surface area contributed by atoms with Gasteiger partial charge in [-0.2, -0.15) is 0 Å². The molecule has 0 saturated carbocycles. The molecule has 0 bridgehead atoms. The first-order valence-electron chi connectivity index (χ1n) is 32.7. The molecule has 0 radical (unpaired) electrons. The van der Waals surface area contributed by atoms with E-state index in [0.29, 0.717) is 17.4 Å². The van der Waals surface area contributed by atoms with Crippen LogP contribution in [0.4, 0.5) is 0 Å². The van der Waals surface area contributed by atoms with E-state index in [1.807, 2.05) is 21.1 Å². The van der Waals surface area contributed by atoms with E-state index in [0.717, 1.165) is 77.0 Å². The Kier molecular flexibility index (Phi) is 57.9. The monoisotopic (exact) mass is 1110 g/mol. The number of carboxylic acids is 1. The van der Waals surface area contributed by atoms with E-state index in [1.165, 1.54) is 173 Å². The lowest BCUT2D eigenvalue weighted by Crippen LogP contribution is -2.44. The standard InChI is InChI=1S/C70H123NO8/c1-6-8-10-12-14-16-18-20-22-24-26-27-28-29-30-31-32-33-34-35-36-37-38-39-40-41-43-44-46-48-50-52-54-56-58-60-67(72)77-64-66(65-78-70(69(74)75)76-63-62-71(3,4)5)79-68(73)61-59-57-55-53-51-49-47-45-42-25-23-21-19-17-15-13-11-9-7-2/h9,11,15,17-18,20-21,23-24,26,42,45,49,51,66,70H,6-8,10,12-14,16,19,22,25,27-41,43-44,46-48,50,52-65H2,1-5H3/b11-9-,17-15-,20-18-,23-21-,26-24-,45-42-,51-49-. The number of hydrogen-bond donors (Lipinski definition) is 0. The SMILES string of the molecule is CC/C=C\C/C=C\C/C=C\C/C=C\C/C=C\CCCCCC(=O)OC(COC(=O)CCCCCCCCCCCCCCCCCCCCCCCCC/C=C\C/C=C\CCCCCCC)COC(OCC[N+](C)(C)C)C(=O)[O-]. The van der Waals surface area contributed by atoms with Crippen molar-refractivity contribution in [1.82, 2.24) is 0 Å². The van der Waals surface area contributed by atoms with Gasteiger partial charge in [-0.25, -0.2) is 0 Å². The smallest absolute Gasteiger partial charge is 0.306 e. The van der Waals surface area contributed by atoms with Crippen LogP contribution in [-0.2, 0) is 33.3 Å². The van der Waals surface area contributed by atoms with Crippen LogP contribution in [0.25, 0.3) is 0 Å². The number of rotatable bonds is 60. The third-order valence-electron chi connectivity index (χ3n) is 14.1. The van der Waals surface area contributed by atoms with Gasteiger partial charge < -0.3 is 33.3 Å². The summed E-state index contributed by atoms with van der Waals surface area (Å²) in [6, 6.07) is 0. The first-order chi connectivity index (χ1) is 38.6. The molecule has 456 valence electrons. The van der Waals surface area contributed by atoms with Crippen molar-refractivity contribution in [3.8, 4) is 0 Å². The van der Waals surface area contributed by atoms with Gasteiger partial charge >= 0.3 is 11.9 Å². The van der Waals surface area contributed by atoms with Gasteiger partial charge in [0.25, 0.3) is 0 Å². The van der Waals surface area contributed by atoms with Crippen LogP contribution in [0, 0.1) is 0 Å². The van der Waals surface area contributed by atoms with Crippen LogP contribution < -0.4 is 5.11 Å². The molecule has 0 aromatic carbocycles. The summed E-state index contributed by atoms with van der Waals surface area (Å²) in [5.41, 5.74) is 0. The molecule has 2 atom stereocenters. The van der Waals surface area contributed by atoms with Crippen LogP contribution in [0.3, 0.4) is 0 Å². The number of carbonyl (C=O) groups excluding carboxylic acids is 3. The van der Waals surface area contributed by atoms with Crippen molar-refractivity contribution in [1.29, 1.82) is 0 Å². The molecule has 0 N–H and O–H groups in total. The normalized spacial score (nSPS) is 13.3. The molecule has 0 spiro atoms. The second-order valence-corrected chi connectivity index (χ2v) is 23.0. The molecule has 0 aliphatic carbocycles. The lowest BCUT2D eigenvalue weighted by molar-refractivity contribution is -0.870. The molecule has 0 rings (SSSR count). The number of nitrogens with zero attached hydrogens (tertiary/aromatic N) is 1. The van der Waals surface area contributed by atoms with E-state index in [1.54, 1.807) is 0 Å². The van der Waals surface area contributed by atoms with Gasteiger partial charge in [-0.3, -0.25) is 9.59 Å². The highest BCUT2D eigenvalue weighted by molar-refractivity contribution is 5.70. The number of carbonyl (C=O) groups is 3.